The first-order chi connectivity index (χ1) is 10.7. The van der Waals surface area contributed by atoms with E-state index in [2.05, 4.69) is 59.7 Å². The van der Waals surface area contributed by atoms with E-state index < -0.39 is 0 Å². The summed E-state index contributed by atoms with van der Waals surface area (Å²) in [5.41, 5.74) is 13.4. The molecule has 0 radical (unpaired) electrons. The van der Waals surface area contributed by atoms with Crippen molar-refractivity contribution < 1.29 is 0 Å². The molecule has 3 heteroatoms. The second kappa shape index (κ2) is 4.88. The van der Waals surface area contributed by atoms with Crippen molar-refractivity contribution >= 4 is 11.5 Å². The van der Waals surface area contributed by atoms with Crippen LogP contribution in [0.4, 0.5) is 11.5 Å². The van der Waals surface area contributed by atoms with Crippen LogP contribution in [0.15, 0.2) is 60.8 Å². The van der Waals surface area contributed by atoms with Gasteiger partial charge in [0.25, 0.3) is 0 Å². The van der Waals surface area contributed by atoms with Gasteiger partial charge in [-0.2, -0.15) is 0 Å². The Kier molecular flexibility index (Phi) is 2.86. The Morgan fingerprint density at radius 3 is 2.41 bits per heavy atom. The predicted octanol–water partition coefficient (Wildman–Crippen LogP) is 4.48. The minimum atomic E-state index is 0.171. The molecule has 2 aromatic carbocycles. The average Bonchev–Trinajstić information content (AvgIpc) is 2.54. The van der Waals surface area contributed by atoms with Crippen molar-refractivity contribution in [3.63, 3.8) is 0 Å². The summed E-state index contributed by atoms with van der Waals surface area (Å²) in [7, 11) is 0. The zero-order chi connectivity index (χ0) is 15.1. The number of hydrogen-bond acceptors (Lipinski definition) is 3. The van der Waals surface area contributed by atoms with E-state index in [-0.39, 0.29) is 6.04 Å². The van der Waals surface area contributed by atoms with Gasteiger partial charge in [-0.15, -0.1) is 0 Å². The normalized spacial score (nSPS) is 12.8. The molecule has 1 aliphatic carbocycles. The number of nitrogens with two attached hydrogens (primary N) is 1. The fourth-order valence-corrected chi connectivity index (χ4v) is 3.04. The highest BCUT2D eigenvalue weighted by molar-refractivity contribution is 6.02. The summed E-state index contributed by atoms with van der Waals surface area (Å²) in [6.07, 6.45) is 1.70. The maximum absolute atomic E-state index is 5.90. The third kappa shape index (κ3) is 1.94. The number of nitrogens with one attached hydrogen (secondary N) is 1. The van der Waals surface area contributed by atoms with Gasteiger partial charge in [-0.3, -0.25) is 0 Å². The Bertz CT molecular complexity index is 855. The molecule has 1 aromatic heterocycles. The zero-order valence-corrected chi connectivity index (χ0v) is 12.4. The Balaban J connectivity index is 1.62. The van der Waals surface area contributed by atoms with Gasteiger partial charge in [0.15, 0.2) is 0 Å². The van der Waals surface area contributed by atoms with Crippen molar-refractivity contribution in [2.45, 2.75) is 13.0 Å². The lowest BCUT2D eigenvalue weighted by Gasteiger charge is -2.26. The minimum absolute atomic E-state index is 0.171. The molecule has 3 N–H and O–H groups in total. The number of nitrogens with zero attached hydrogens (tertiary/aromatic N) is 1. The number of rotatable bonds is 3. The van der Waals surface area contributed by atoms with Crippen LogP contribution in [0.25, 0.3) is 22.3 Å². The molecular formula is C19H17N3. The van der Waals surface area contributed by atoms with E-state index in [9.17, 15) is 0 Å². The van der Waals surface area contributed by atoms with Crippen molar-refractivity contribution in [2.75, 3.05) is 11.1 Å². The highest BCUT2D eigenvalue weighted by atomic mass is 15.0. The Morgan fingerprint density at radius 1 is 0.909 bits per heavy atom. The number of anilines is 2. The molecule has 1 atom stereocenters. The lowest BCUT2D eigenvalue weighted by molar-refractivity contribution is 0.884. The Labute approximate surface area is 129 Å². The summed E-state index contributed by atoms with van der Waals surface area (Å²) < 4.78 is 0. The zero-order valence-electron chi connectivity index (χ0n) is 12.4. The number of fused-ring (bicyclic) bond motifs is 4. The molecule has 3 aromatic rings. The summed E-state index contributed by atoms with van der Waals surface area (Å²) in [6, 6.07) is 19.2. The topological polar surface area (TPSA) is 50.9 Å². The van der Waals surface area contributed by atoms with Gasteiger partial charge in [0.2, 0.25) is 0 Å². The second-order valence-corrected chi connectivity index (χ2v) is 5.65. The fourth-order valence-electron chi connectivity index (χ4n) is 3.04. The van der Waals surface area contributed by atoms with Gasteiger partial charge in [-0.25, -0.2) is 4.98 Å². The molecule has 1 heterocycles. The molecule has 0 saturated heterocycles. The van der Waals surface area contributed by atoms with E-state index in [0.717, 1.165) is 5.69 Å². The van der Waals surface area contributed by atoms with Gasteiger partial charge in [0.05, 0.1) is 5.69 Å². The van der Waals surface area contributed by atoms with E-state index in [1.807, 2.05) is 12.1 Å². The standard InChI is InChI=1S/C19H17N3/c1-12(22-18-7-4-10-21-19(18)20)13-8-9-16-14-5-2-3-6-15(14)17(16)11-13/h2-12,22H,1H3,(H2,20,21). The second-order valence-electron chi connectivity index (χ2n) is 5.65. The molecule has 1 unspecified atom stereocenters. The van der Waals surface area contributed by atoms with Crippen LogP contribution in [-0.4, -0.2) is 4.98 Å². The largest absolute Gasteiger partial charge is 0.382 e. The van der Waals surface area contributed by atoms with Gasteiger partial charge in [0.1, 0.15) is 5.82 Å². The first-order valence-electron chi connectivity index (χ1n) is 7.45. The smallest absolute Gasteiger partial charge is 0.146 e. The molecule has 0 aliphatic heterocycles. The summed E-state index contributed by atoms with van der Waals surface area (Å²) in [4.78, 5) is 4.11. The maximum Gasteiger partial charge on any atom is 0.146 e. The number of aromatic nitrogens is 1. The molecule has 0 spiro atoms. The monoisotopic (exact) mass is 287 g/mol. The quantitative estimate of drug-likeness (QED) is 0.584. The van der Waals surface area contributed by atoms with Crippen molar-refractivity contribution in [3.05, 3.63) is 66.4 Å². The van der Waals surface area contributed by atoms with Gasteiger partial charge < -0.3 is 11.1 Å². The van der Waals surface area contributed by atoms with E-state index in [1.54, 1.807) is 6.20 Å². The van der Waals surface area contributed by atoms with E-state index in [0.29, 0.717) is 5.82 Å². The first-order valence-corrected chi connectivity index (χ1v) is 7.45. The van der Waals surface area contributed by atoms with Crippen molar-refractivity contribution in [3.8, 4) is 22.3 Å². The van der Waals surface area contributed by atoms with Crippen LogP contribution in [0.1, 0.15) is 18.5 Å². The molecule has 3 nitrogen and oxygen atoms in total. The predicted molar refractivity (Wildman–Crippen MR) is 91.6 cm³/mol. The summed E-state index contributed by atoms with van der Waals surface area (Å²) in [5.74, 6) is 0.531. The molecule has 108 valence electrons. The molecule has 1 aliphatic rings. The van der Waals surface area contributed by atoms with Crippen LogP contribution in [-0.2, 0) is 0 Å². The van der Waals surface area contributed by atoms with Crippen LogP contribution in [0, 0.1) is 0 Å². The van der Waals surface area contributed by atoms with Crippen LogP contribution in [0.3, 0.4) is 0 Å². The van der Waals surface area contributed by atoms with Crippen molar-refractivity contribution in [1.29, 1.82) is 0 Å². The summed E-state index contributed by atoms with van der Waals surface area (Å²) in [6.45, 7) is 2.14. The molecule has 0 bridgehead atoms. The van der Waals surface area contributed by atoms with Gasteiger partial charge >= 0.3 is 0 Å². The molecule has 22 heavy (non-hydrogen) atoms. The van der Waals surface area contributed by atoms with Crippen LogP contribution in [0.2, 0.25) is 0 Å². The molecular weight excluding hydrogens is 270 g/mol. The van der Waals surface area contributed by atoms with E-state index in [4.69, 9.17) is 5.73 Å². The number of hydrogen-bond donors (Lipinski definition) is 2. The lowest BCUT2D eigenvalue weighted by Crippen LogP contribution is -2.10. The number of pyridine rings is 1. The lowest BCUT2D eigenvalue weighted by atomic mass is 9.79. The Hall–Kier alpha value is -2.81. The number of benzene rings is 2. The van der Waals surface area contributed by atoms with Crippen LogP contribution >= 0.6 is 0 Å². The fraction of sp³-hybridized carbons (Fsp3) is 0.105. The van der Waals surface area contributed by atoms with Gasteiger partial charge in [-0.1, -0.05) is 36.4 Å². The van der Waals surface area contributed by atoms with Crippen molar-refractivity contribution in [1.82, 2.24) is 4.98 Å². The van der Waals surface area contributed by atoms with Crippen LogP contribution in [0.5, 0.6) is 0 Å². The molecule has 0 saturated carbocycles. The highest BCUT2D eigenvalue weighted by Gasteiger charge is 2.22. The molecule has 0 fully saturated rings. The van der Waals surface area contributed by atoms with Gasteiger partial charge in [-0.05, 0) is 52.9 Å². The molecule has 4 rings (SSSR count). The summed E-state index contributed by atoms with van der Waals surface area (Å²) >= 11 is 0. The van der Waals surface area contributed by atoms with E-state index >= 15 is 0 Å². The van der Waals surface area contributed by atoms with Crippen LogP contribution < -0.4 is 11.1 Å². The van der Waals surface area contributed by atoms with Crippen molar-refractivity contribution in [2.24, 2.45) is 0 Å². The third-order valence-corrected chi connectivity index (χ3v) is 4.26. The number of nitrogen functional groups attached to an aromatic ring is 1. The summed E-state index contributed by atoms with van der Waals surface area (Å²) in [5, 5.41) is 3.43. The SMILES string of the molecule is CC(Nc1cccnc1N)c1ccc2c(c1)-c1ccccc1-2. The van der Waals surface area contributed by atoms with E-state index in [1.165, 1.54) is 27.8 Å². The highest BCUT2D eigenvalue weighted by Crippen LogP contribution is 2.47. The van der Waals surface area contributed by atoms with Gasteiger partial charge in [0, 0.05) is 12.2 Å². The minimum Gasteiger partial charge on any atom is -0.382 e. The first kappa shape index (κ1) is 12.9. The Morgan fingerprint density at radius 2 is 1.64 bits per heavy atom. The average molecular weight is 287 g/mol. The maximum atomic E-state index is 5.90. The third-order valence-electron chi connectivity index (χ3n) is 4.26. The molecule has 0 amide bonds.